The van der Waals surface area contributed by atoms with Crippen LogP contribution in [0.4, 0.5) is 15.3 Å². The van der Waals surface area contributed by atoms with Crippen molar-refractivity contribution < 1.29 is 19.1 Å². The van der Waals surface area contributed by atoms with Crippen LogP contribution in [0.2, 0.25) is 5.28 Å². The highest BCUT2D eigenvalue weighted by molar-refractivity contribution is 6.28. The highest BCUT2D eigenvalue weighted by atomic mass is 35.5. The number of halogens is 1. The maximum atomic E-state index is 12.9. The number of amides is 3. The average molecular weight is 467 g/mol. The van der Waals surface area contributed by atoms with E-state index in [1.165, 1.54) is 11.1 Å². The molecule has 3 amide bonds. The zero-order chi connectivity index (χ0) is 23.6. The van der Waals surface area contributed by atoms with Gasteiger partial charge in [-0.3, -0.25) is 4.90 Å². The van der Waals surface area contributed by atoms with Gasteiger partial charge >= 0.3 is 12.1 Å². The Morgan fingerprint density at radius 3 is 2.55 bits per heavy atom. The van der Waals surface area contributed by atoms with Crippen molar-refractivity contribution in [3.05, 3.63) is 65.6 Å². The Morgan fingerprint density at radius 1 is 1.09 bits per heavy atom. The number of anilines is 1. The molecule has 1 aliphatic heterocycles. The van der Waals surface area contributed by atoms with Crippen molar-refractivity contribution in [1.29, 1.82) is 0 Å². The van der Waals surface area contributed by atoms with Crippen molar-refractivity contribution in [2.45, 2.75) is 32.8 Å². The molecule has 4 rings (SSSR count). The lowest BCUT2D eigenvalue weighted by Crippen LogP contribution is -2.46. The Kier molecular flexibility index (Phi) is 6.20. The molecule has 0 atom stereocenters. The molecule has 1 N–H and O–H groups in total. The molecular formula is C24H23ClN4O4. The SMILES string of the molecule is CC(C)(C)OC(=O)NC(=O)N1CCc2c(-c3ccccc3)ccc1c2Oc1ccnc(Cl)n1. The van der Waals surface area contributed by atoms with Gasteiger partial charge in [0.2, 0.25) is 11.2 Å². The van der Waals surface area contributed by atoms with Crippen LogP contribution in [0.1, 0.15) is 26.3 Å². The van der Waals surface area contributed by atoms with Crippen LogP contribution in [0, 0.1) is 0 Å². The zero-order valence-electron chi connectivity index (χ0n) is 18.5. The van der Waals surface area contributed by atoms with Crippen LogP contribution in [0.3, 0.4) is 0 Å². The molecule has 3 aromatic rings. The van der Waals surface area contributed by atoms with Crippen LogP contribution in [0.5, 0.6) is 11.6 Å². The summed E-state index contributed by atoms with van der Waals surface area (Å²) in [4.78, 5) is 34.5. The number of hydrogen-bond donors (Lipinski definition) is 1. The molecule has 9 heteroatoms. The van der Waals surface area contributed by atoms with Crippen molar-refractivity contribution in [3.8, 4) is 22.8 Å². The monoisotopic (exact) mass is 466 g/mol. The first kappa shape index (κ1) is 22.5. The number of aromatic nitrogens is 2. The van der Waals surface area contributed by atoms with E-state index in [1.54, 1.807) is 32.9 Å². The van der Waals surface area contributed by atoms with Crippen LogP contribution < -0.4 is 15.0 Å². The highest BCUT2D eigenvalue weighted by Crippen LogP contribution is 2.44. The molecule has 1 aromatic heterocycles. The highest BCUT2D eigenvalue weighted by Gasteiger charge is 2.31. The molecule has 0 unspecified atom stereocenters. The van der Waals surface area contributed by atoms with E-state index >= 15 is 0 Å². The number of alkyl carbamates (subject to hydrolysis) is 1. The summed E-state index contributed by atoms with van der Waals surface area (Å²) in [7, 11) is 0. The third-order valence-corrected chi connectivity index (χ3v) is 5.04. The summed E-state index contributed by atoms with van der Waals surface area (Å²) in [5.74, 6) is 0.717. The van der Waals surface area contributed by atoms with Gasteiger partial charge in [0, 0.05) is 24.4 Å². The second kappa shape index (κ2) is 9.07. The van der Waals surface area contributed by atoms with Crippen LogP contribution in [0.15, 0.2) is 54.7 Å². The van der Waals surface area contributed by atoms with Crippen LogP contribution in [-0.4, -0.2) is 34.2 Å². The number of urea groups is 1. The normalized spacial score (nSPS) is 12.8. The van der Waals surface area contributed by atoms with E-state index in [4.69, 9.17) is 21.1 Å². The maximum Gasteiger partial charge on any atom is 0.415 e. The van der Waals surface area contributed by atoms with E-state index in [-0.39, 0.29) is 11.2 Å². The number of carbonyl (C=O) groups is 2. The number of nitrogens with one attached hydrogen (secondary N) is 1. The maximum absolute atomic E-state index is 12.9. The van der Waals surface area contributed by atoms with E-state index in [0.717, 1.165) is 16.7 Å². The summed E-state index contributed by atoms with van der Waals surface area (Å²) in [5, 5.41) is 2.33. The summed E-state index contributed by atoms with van der Waals surface area (Å²) in [5.41, 5.74) is 2.72. The van der Waals surface area contributed by atoms with E-state index in [0.29, 0.717) is 24.4 Å². The quantitative estimate of drug-likeness (QED) is 0.505. The van der Waals surface area contributed by atoms with E-state index < -0.39 is 17.7 Å². The van der Waals surface area contributed by atoms with Gasteiger partial charge < -0.3 is 9.47 Å². The van der Waals surface area contributed by atoms with Gasteiger partial charge in [-0.1, -0.05) is 36.4 Å². The van der Waals surface area contributed by atoms with Gasteiger partial charge in [0.1, 0.15) is 5.60 Å². The van der Waals surface area contributed by atoms with Crippen molar-refractivity contribution in [2.24, 2.45) is 0 Å². The minimum atomic E-state index is -0.816. The number of imide groups is 1. The zero-order valence-corrected chi connectivity index (χ0v) is 19.2. The molecule has 0 saturated heterocycles. The third-order valence-electron chi connectivity index (χ3n) is 4.86. The number of hydrogen-bond acceptors (Lipinski definition) is 6. The molecule has 2 aromatic carbocycles. The number of nitrogens with zero attached hydrogens (tertiary/aromatic N) is 3. The van der Waals surface area contributed by atoms with Crippen LogP contribution in [-0.2, 0) is 11.2 Å². The molecular weight excluding hydrogens is 444 g/mol. The van der Waals surface area contributed by atoms with Crippen molar-refractivity contribution in [1.82, 2.24) is 15.3 Å². The number of ether oxygens (including phenoxy) is 2. The molecule has 8 nitrogen and oxygen atoms in total. The van der Waals surface area contributed by atoms with Crippen LogP contribution in [0.25, 0.3) is 11.1 Å². The first-order valence-corrected chi connectivity index (χ1v) is 10.8. The molecule has 1 aliphatic rings. The summed E-state index contributed by atoms with van der Waals surface area (Å²) in [6, 6.07) is 14.6. The van der Waals surface area contributed by atoms with Gasteiger partial charge in [-0.15, -0.1) is 0 Å². The Balaban J connectivity index is 1.71. The number of fused-ring (bicyclic) bond motifs is 2. The molecule has 2 bridgehead atoms. The molecule has 0 radical (unpaired) electrons. The summed E-state index contributed by atoms with van der Waals surface area (Å²) in [6.45, 7) is 5.54. The van der Waals surface area contributed by atoms with Crippen molar-refractivity contribution in [2.75, 3.05) is 11.4 Å². The molecule has 170 valence electrons. The van der Waals surface area contributed by atoms with E-state index in [9.17, 15) is 9.59 Å². The Bertz CT molecular complexity index is 1190. The lowest BCUT2D eigenvalue weighted by atomic mass is 9.93. The van der Waals surface area contributed by atoms with Crippen molar-refractivity contribution >= 4 is 29.4 Å². The van der Waals surface area contributed by atoms with Gasteiger partial charge in [-0.05, 0) is 56.0 Å². The summed E-state index contributed by atoms with van der Waals surface area (Å²) >= 11 is 5.93. The molecule has 0 spiro atoms. The second-order valence-electron chi connectivity index (χ2n) is 8.41. The predicted octanol–water partition coefficient (Wildman–Crippen LogP) is 5.60. The lowest BCUT2D eigenvalue weighted by molar-refractivity contribution is 0.0549. The summed E-state index contributed by atoms with van der Waals surface area (Å²) < 4.78 is 11.3. The number of rotatable bonds is 3. The Hall–Kier alpha value is -3.65. The van der Waals surface area contributed by atoms with Crippen LogP contribution >= 0.6 is 11.6 Å². The fourth-order valence-electron chi connectivity index (χ4n) is 3.57. The van der Waals surface area contributed by atoms with E-state index in [2.05, 4.69) is 15.3 Å². The lowest BCUT2D eigenvalue weighted by Gasteiger charge is -2.32. The largest absolute Gasteiger partial charge is 0.443 e. The average Bonchev–Trinajstić information content (AvgIpc) is 2.73. The molecule has 0 saturated carbocycles. The fraction of sp³-hybridized carbons (Fsp3) is 0.250. The number of benzene rings is 2. The van der Waals surface area contributed by atoms with Crippen molar-refractivity contribution in [3.63, 3.8) is 0 Å². The number of carbonyl (C=O) groups excluding carboxylic acids is 2. The summed E-state index contributed by atoms with van der Waals surface area (Å²) in [6.07, 6.45) is 1.18. The molecule has 2 heterocycles. The Labute approximate surface area is 196 Å². The molecule has 0 aliphatic carbocycles. The van der Waals surface area contributed by atoms with Gasteiger partial charge in [-0.25, -0.2) is 19.9 Å². The Morgan fingerprint density at radius 2 is 1.85 bits per heavy atom. The minimum absolute atomic E-state index is 0.0476. The standard InChI is InChI=1S/C24H23ClN4O4/c1-24(2,3)33-23(31)28-22(30)29-14-12-17-16(15-7-5-4-6-8-15)9-10-18(29)20(17)32-19-11-13-26-21(25)27-19/h4-11,13H,12,14H2,1-3H3,(H,28,30,31). The predicted molar refractivity (Wildman–Crippen MR) is 125 cm³/mol. The smallest absolute Gasteiger partial charge is 0.415 e. The molecule has 33 heavy (non-hydrogen) atoms. The first-order chi connectivity index (χ1) is 15.7. The fourth-order valence-corrected chi connectivity index (χ4v) is 3.71. The van der Waals surface area contributed by atoms with Gasteiger partial charge in [0.05, 0.1) is 5.69 Å². The van der Waals surface area contributed by atoms with E-state index in [1.807, 2.05) is 36.4 Å². The minimum Gasteiger partial charge on any atom is -0.443 e. The van der Waals surface area contributed by atoms with Gasteiger partial charge in [-0.2, -0.15) is 4.98 Å². The molecule has 0 fully saturated rings. The van der Waals surface area contributed by atoms with Gasteiger partial charge in [0.15, 0.2) is 5.75 Å². The first-order valence-electron chi connectivity index (χ1n) is 10.4. The topological polar surface area (TPSA) is 93.7 Å². The van der Waals surface area contributed by atoms with Gasteiger partial charge in [0.25, 0.3) is 0 Å². The second-order valence-corrected chi connectivity index (χ2v) is 8.74. The third kappa shape index (κ3) is 5.23.